The maximum Gasteiger partial charge on any atom is 0.259 e. The molecular weight excluding hydrogens is 376 g/mol. The SMILES string of the molecule is COc1ccc(-c2ncc(C(=O)N3CCC(C)CC3)c(N3CCCC[C@H]3C)n2)cc1. The first-order chi connectivity index (χ1) is 14.6. The summed E-state index contributed by atoms with van der Waals surface area (Å²) in [6, 6.07) is 8.12. The van der Waals surface area contributed by atoms with Gasteiger partial charge in [-0.2, -0.15) is 0 Å². The number of rotatable bonds is 4. The van der Waals surface area contributed by atoms with E-state index in [2.05, 4.69) is 23.7 Å². The summed E-state index contributed by atoms with van der Waals surface area (Å²) in [6.45, 7) is 7.04. The average Bonchev–Trinajstić information content (AvgIpc) is 2.79. The smallest absolute Gasteiger partial charge is 0.259 e. The van der Waals surface area contributed by atoms with Gasteiger partial charge in [-0.25, -0.2) is 9.97 Å². The minimum Gasteiger partial charge on any atom is -0.497 e. The Balaban J connectivity index is 1.70. The number of methoxy groups -OCH3 is 1. The standard InChI is InChI=1S/C24H32N4O2/c1-17-11-14-27(15-12-17)24(29)21-16-25-22(19-7-9-20(30-3)10-8-19)26-23(21)28-13-5-4-6-18(28)2/h7-10,16-18H,4-6,11-15H2,1-3H3/t18-/m1/s1. The van der Waals surface area contributed by atoms with Crippen molar-refractivity contribution >= 4 is 11.7 Å². The first kappa shape index (κ1) is 20.6. The average molecular weight is 409 g/mol. The first-order valence-corrected chi connectivity index (χ1v) is 11.1. The van der Waals surface area contributed by atoms with E-state index in [0.717, 1.165) is 62.4 Å². The van der Waals surface area contributed by atoms with Crippen molar-refractivity contribution in [2.75, 3.05) is 31.6 Å². The number of hydrogen-bond acceptors (Lipinski definition) is 5. The molecule has 2 aromatic rings. The van der Waals surface area contributed by atoms with Gasteiger partial charge in [0.2, 0.25) is 0 Å². The molecule has 0 saturated carbocycles. The van der Waals surface area contributed by atoms with Crippen LogP contribution in [-0.2, 0) is 0 Å². The lowest BCUT2D eigenvalue weighted by molar-refractivity contribution is 0.0697. The van der Waals surface area contributed by atoms with Crippen LogP contribution >= 0.6 is 0 Å². The maximum absolute atomic E-state index is 13.4. The summed E-state index contributed by atoms with van der Waals surface area (Å²) in [5.41, 5.74) is 1.56. The second-order valence-corrected chi connectivity index (χ2v) is 8.67. The highest BCUT2D eigenvalue weighted by Gasteiger charge is 2.29. The third-order valence-corrected chi connectivity index (χ3v) is 6.49. The highest BCUT2D eigenvalue weighted by atomic mass is 16.5. The Morgan fingerprint density at radius 1 is 1.03 bits per heavy atom. The molecule has 0 bridgehead atoms. The van der Waals surface area contributed by atoms with Crippen LogP contribution in [-0.4, -0.2) is 53.6 Å². The van der Waals surface area contributed by atoms with Crippen molar-refractivity contribution in [3.63, 3.8) is 0 Å². The third-order valence-electron chi connectivity index (χ3n) is 6.49. The maximum atomic E-state index is 13.4. The molecule has 2 saturated heterocycles. The Morgan fingerprint density at radius 2 is 1.77 bits per heavy atom. The molecule has 6 heteroatoms. The van der Waals surface area contributed by atoms with Gasteiger partial charge in [-0.15, -0.1) is 0 Å². The number of aromatic nitrogens is 2. The van der Waals surface area contributed by atoms with E-state index >= 15 is 0 Å². The van der Waals surface area contributed by atoms with E-state index in [9.17, 15) is 4.79 Å². The molecule has 0 unspecified atom stereocenters. The molecule has 4 rings (SSSR count). The molecule has 1 atom stereocenters. The molecular formula is C24H32N4O2. The van der Waals surface area contributed by atoms with Gasteiger partial charge in [0, 0.05) is 37.4 Å². The highest BCUT2D eigenvalue weighted by Crippen LogP contribution is 2.30. The summed E-state index contributed by atoms with van der Waals surface area (Å²) < 4.78 is 5.26. The van der Waals surface area contributed by atoms with Crippen LogP contribution in [0.1, 0.15) is 56.3 Å². The van der Waals surface area contributed by atoms with Crippen molar-refractivity contribution in [1.82, 2.24) is 14.9 Å². The van der Waals surface area contributed by atoms with Crippen LogP contribution in [0.15, 0.2) is 30.5 Å². The molecule has 2 fully saturated rings. The van der Waals surface area contributed by atoms with Crippen LogP contribution in [0.3, 0.4) is 0 Å². The molecule has 3 heterocycles. The Morgan fingerprint density at radius 3 is 2.43 bits per heavy atom. The molecule has 2 aliphatic rings. The van der Waals surface area contributed by atoms with E-state index in [0.29, 0.717) is 23.3 Å². The number of likely N-dealkylation sites (tertiary alicyclic amines) is 1. The summed E-state index contributed by atoms with van der Waals surface area (Å²) in [5, 5.41) is 0. The van der Waals surface area contributed by atoms with Gasteiger partial charge in [-0.05, 0) is 69.2 Å². The predicted molar refractivity (Wildman–Crippen MR) is 119 cm³/mol. The third kappa shape index (κ3) is 4.27. The predicted octanol–water partition coefficient (Wildman–Crippen LogP) is 4.40. The van der Waals surface area contributed by atoms with Crippen LogP contribution < -0.4 is 9.64 Å². The van der Waals surface area contributed by atoms with Gasteiger partial charge in [0.15, 0.2) is 5.82 Å². The number of carbonyl (C=O) groups is 1. The van der Waals surface area contributed by atoms with Crippen LogP contribution in [0, 0.1) is 5.92 Å². The van der Waals surface area contributed by atoms with Crippen LogP contribution in [0.4, 0.5) is 5.82 Å². The second kappa shape index (κ2) is 9.02. The lowest BCUT2D eigenvalue weighted by Gasteiger charge is -2.36. The number of anilines is 1. The van der Waals surface area contributed by atoms with Crippen molar-refractivity contribution in [1.29, 1.82) is 0 Å². The van der Waals surface area contributed by atoms with Crippen molar-refractivity contribution < 1.29 is 9.53 Å². The normalized spacial score (nSPS) is 20.3. The number of hydrogen-bond donors (Lipinski definition) is 0. The lowest BCUT2D eigenvalue weighted by atomic mass is 9.98. The zero-order valence-electron chi connectivity index (χ0n) is 18.3. The Hall–Kier alpha value is -2.63. The fourth-order valence-electron chi connectivity index (χ4n) is 4.42. The van der Waals surface area contributed by atoms with Gasteiger partial charge in [-0.1, -0.05) is 6.92 Å². The van der Waals surface area contributed by atoms with Crippen molar-refractivity contribution in [2.45, 2.75) is 52.0 Å². The van der Waals surface area contributed by atoms with Gasteiger partial charge in [0.05, 0.1) is 7.11 Å². The minimum absolute atomic E-state index is 0.0657. The molecule has 0 spiro atoms. The number of amides is 1. The van der Waals surface area contributed by atoms with E-state index in [-0.39, 0.29) is 5.91 Å². The fraction of sp³-hybridized carbons (Fsp3) is 0.542. The number of nitrogens with zero attached hydrogens (tertiary/aromatic N) is 4. The van der Waals surface area contributed by atoms with Crippen molar-refractivity contribution in [2.24, 2.45) is 5.92 Å². The van der Waals surface area contributed by atoms with E-state index in [1.807, 2.05) is 29.2 Å². The lowest BCUT2D eigenvalue weighted by Crippen LogP contribution is -2.42. The quantitative estimate of drug-likeness (QED) is 0.750. The van der Waals surface area contributed by atoms with Crippen LogP contribution in [0.5, 0.6) is 5.75 Å². The molecule has 0 N–H and O–H groups in total. The molecule has 1 aromatic carbocycles. The van der Waals surface area contributed by atoms with Gasteiger partial charge < -0.3 is 14.5 Å². The van der Waals surface area contributed by atoms with Gasteiger partial charge >= 0.3 is 0 Å². The first-order valence-electron chi connectivity index (χ1n) is 11.1. The van der Waals surface area contributed by atoms with Gasteiger partial charge in [-0.3, -0.25) is 4.79 Å². The summed E-state index contributed by atoms with van der Waals surface area (Å²) in [4.78, 5) is 27.2. The molecule has 30 heavy (non-hydrogen) atoms. The monoisotopic (exact) mass is 408 g/mol. The summed E-state index contributed by atoms with van der Waals surface area (Å²) in [6.07, 6.45) is 7.33. The molecule has 6 nitrogen and oxygen atoms in total. The Labute approximate surface area is 179 Å². The van der Waals surface area contributed by atoms with Gasteiger partial charge in [0.1, 0.15) is 17.1 Å². The molecule has 160 valence electrons. The van der Waals surface area contributed by atoms with E-state index in [4.69, 9.17) is 9.72 Å². The molecule has 2 aliphatic heterocycles. The number of piperidine rings is 2. The number of benzene rings is 1. The van der Waals surface area contributed by atoms with E-state index < -0.39 is 0 Å². The Kier molecular flexibility index (Phi) is 6.21. The summed E-state index contributed by atoms with van der Waals surface area (Å²) in [7, 11) is 1.66. The number of carbonyl (C=O) groups excluding carboxylic acids is 1. The summed E-state index contributed by atoms with van der Waals surface area (Å²) in [5.74, 6) is 2.98. The fourth-order valence-corrected chi connectivity index (χ4v) is 4.42. The highest BCUT2D eigenvalue weighted by molar-refractivity contribution is 5.99. The zero-order chi connectivity index (χ0) is 21.1. The number of ether oxygens (including phenoxy) is 1. The minimum atomic E-state index is 0.0657. The summed E-state index contributed by atoms with van der Waals surface area (Å²) >= 11 is 0. The van der Waals surface area contributed by atoms with Crippen molar-refractivity contribution in [3.8, 4) is 17.1 Å². The molecule has 1 aromatic heterocycles. The molecule has 1 amide bonds. The van der Waals surface area contributed by atoms with E-state index in [1.165, 1.54) is 6.42 Å². The Bertz CT molecular complexity index is 875. The molecule has 0 radical (unpaired) electrons. The van der Waals surface area contributed by atoms with E-state index in [1.54, 1.807) is 13.3 Å². The van der Waals surface area contributed by atoms with Crippen LogP contribution in [0.2, 0.25) is 0 Å². The topological polar surface area (TPSA) is 58.6 Å². The largest absolute Gasteiger partial charge is 0.497 e. The van der Waals surface area contributed by atoms with Crippen LogP contribution in [0.25, 0.3) is 11.4 Å². The molecule has 0 aliphatic carbocycles. The second-order valence-electron chi connectivity index (χ2n) is 8.67. The van der Waals surface area contributed by atoms with Crippen molar-refractivity contribution in [3.05, 3.63) is 36.0 Å². The van der Waals surface area contributed by atoms with Gasteiger partial charge in [0.25, 0.3) is 5.91 Å². The zero-order valence-corrected chi connectivity index (χ0v) is 18.3.